The maximum atomic E-state index is 11.2. The van der Waals surface area contributed by atoms with Gasteiger partial charge in [-0.05, 0) is 31.8 Å². The van der Waals surface area contributed by atoms with Gasteiger partial charge in [0.2, 0.25) is 0 Å². The Bertz CT molecular complexity index is 189. The molecule has 0 bridgehead atoms. The van der Waals surface area contributed by atoms with Gasteiger partial charge in [-0.15, -0.1) is 0 Å². The minimum atomic E-state index is 0.344. The molecule has 0 aliphatic heterocycles. The summed E-state index contributed by atoms with van der Waals surface area (Å²) < 4.78 is 0. The number of hydrogen-bond acceptors (Lipinski definition) is 1. The van der Waals surface area contributed by atoms with Gasteiger partial charge in [-0.25, -0.2) is 0 Å². The molecule has 1 heteroatoms. The predicted molar refractivity (Wildman–Crippen MR) is 41.8 cm³/mol. The summed E-state index contributed by atoms with van der Waals surface area (Å²) in [5.41, 5.74) is 2.28. The van der Waals surface area contributed by atoms with Crippen molar-refractivity contribution in [2.24, 2.45) is 5.92 Å². The van der Waals surface area contributed by atoms with E-state index >= 15 is 0 Å². The normalized spacial score (nSPS) is 27.5. The lowest BCUT2D eigenvalue weighted by Crippen LogP contribution is -2.14. The van der Waals surface area contributed by atoms with Crippen LogP contribution in [0.1, 0.15) is 33.6 Å². The SMILES string of the molecule is CC1=C(C)C(=O)CC(C)C1. The van der Waals surface area contributed by atoms with Crippen LogP contribution in [-0.2, 0) is 4.79 Å². The minimum Gasteiger partial charge on any atom is -0.295 e. The molecule has 1 rings (SSSR count). The summed E-state index contributed by atoms with van der Waals surface area (Å²) in [6, 6.07) is 0. The number of carbonyl (C=O) groups is 1. The fourth-order valence-corrected chi connectivity index (χ4v) is 1.46. The van der Waals surface area contributed by atoms with E-state index in [9.17, 15) is 4.79 Å². The van der Waals surface area contributed by atoms with Crippen molar-refractivity contribution in [2.75, 3.05) is 0 Å². The van der Waals surface area contributed by atoms with Gasteiger partial charge >= 0.3 is 0 Å². The molecule has 0 saturated heterocycles. The second-order valence-corrected chi connectivity index (χ2v) is 3.34. The van der Waals surface area contributed by atoms with Crippen molar-refractivity contribution < 1.29 is 4.79 Å². The van der Waals surface area contributed by atoms with Crippen LogP contribution in [-0.4, -0.2) is 5.78 Å². The highest BCUT2D eigenvalue weighted by Gasteiger charge is 2.18. The molecule has 0 heterocycles. The first-order chi connectivity index (χ1) is 4.61. The second kappa shape index (κ2) is 2.57. The van der Waals surface area contributed by atoms with E-state index in [0.717, 1.165) is 18.4 Å². The summed E-state index contributed by atoms with van der Waals surface area (Å²) in [7, 11) is 0. The van der Waals surface area contributed by atoms with Crippen LogP contribution in [0.5, 0.6) is 0 Å². The van der Waals surface area contributed by atoms with Crippen LogP contribution in [0, 0.1) is 5.92 Å². The van der Waals surface area contributed by atoms with Crippen LogP contribution >= 0.6 is 0 Å². The number of hydrogen-bond donors (Lipinski definition) is 0. The molecule has 1 atom stereocenters. The molecule has 1 aliphatic rings. The van der Waals surface area contributed by atoms with Crippen molar-refractivity contribution in [3.63, 3.8) is 0 Å². The van der Waals surface area contributed by atoms with Crippen LogP contribution in [0.4, 0.5) is 0 Å². The van der Waals surface area contributed by atoms with Crippen LogP contribution in [0.2, 0.25) is 0 Å². The summed E-state index contributed by atoms with van der Waals surface area (Å²) in [5.74, 6) is 0.910. The van der Waals surface area contributed by atoms with E-state index in [1.165, 1.54) is 5.57 Å². The Morgan fingerprint density at radius 1 is 1.30 bits per heavy atom. The van der Waals surface area contributed by atoms with E-state index in [1.54, 1.807) is 0 Å². The molecule has 0 radical (unpaired) electrons. The zero-order chi connectivity index (χ0) is 7.72. The van der Waals surface area contributed by atoms with Crippen LogP contribution < -0.4 is 0 Å². The summed E-state index contributed by atoms with van der Waals surface area (Å²) in [6.45, 7) is 6.13. The average molecular weight is 138 g/mol. The predicted octanol–water partition coefficient (Wildman–Crippen LogP) is 2.32. The highest BCUT2D eigenvalue weighted by Crippen LogP contribution is 2.25. The Hall–Kier alpha value is -0.590. The monoisotopic (exact) mass is 138 g/mol. The van der Waals surface area contributed by atoms with Crippen molar-refractivity contribution in [1.82, 2.24) is 0 Å². The van der Waals surface area contributed by atoms with E-state index < -0.39 is 0 Å². The number of ketones is 1. The van der Waals surface area contributed by atoms with E-state index in [2.05, 4.69) is 13.8 Å². The maximum absolute atomic E-state index is 11.2. The Labute approximate surface area is 62.1 Å². The molecule has 1 aliphatic carbocycles. The molecular weight excluding hydrogens is 124 g/mol. The molecule has 0 spiro atoms. The summed E-state index contributed by atoms with van der Waals surface area (Å²) in [4.78, 5) is 11.2. The standard InChI is InChI=1S/C9H14O/c1-6-4-7(2)8(3)9(10)5-6/h6H,4-5H2,1-3H3. The van der Waals surface area contributed by atoms with E-state index in [0.29, 0.717) is 11.7 Å². The first-order valence-corrected chi connectivity index (χ1v) is 3.81. The van der Waals surface area contributed by atoms with Crippen molar-refractivity contribution >= 4 is 5.78 Å². The van der Waals surface area contributed by atoms with Crippen molar-refractivity contribution in [3.05, 3.63) is 11.1 Å². The van der Waals surface area contributed by atoms with Gasteiger partial charge in [-0.3, -0.25) is 4.79 Å². The number of carbonyl (C=O) groups excluding carboxylic acids is 1. The molecule has 1 unspecified atom stereocenters. The molecule has 56 valence electrons. The third-order valence-electron chi connectivity index (χ3n) is 2.25. The zero-order valence-electron chi connectivity index (χ0n) is 6.90. The smallest absolute Gasteiger partial charge is 0.158 e. The van der Waals surface area contributed by atoms with Gasteiger partial charge in [0.05, 0.1) is 0 Å². The van der Waals surface area contributed by atoms with Crippen LogP contribution in [0.15, 0.2) is 11.1 Å². The number of Topliss-reactive ketones (excluding diaryl/α,β-unsaturated/α-hetero) is 1. The van der Waals surface area contributed by atoms with E-state index in [4.69, 9.17) is 0 Å². The Morgan fingerprint density at radius 2 is 1.90 bits per heavy atom. The van der Waals surface area contributed by atoms with Gasteiger partial charge in [0.25, 0.3) is 0 Å². The second-order valence-electron chi connectivity index (χ2n) is 3.34. The molecule has 0 N–H and O–H groups in total. The molecule has 1 nitrogen and oxygen atoms in total. The largest absolute Gasteiger partial charge is 0.295 e. The van der Waals surface area contributed by atoms with Gasteiger partial charge in [-0.1, -0.05) is 12.5 Å². The zero-order valence-corrected chi connectivity index (χ0v) is 6.90. The molecule has 0 aromatic rings. The van der Waals surface area contributed by atoms with Crippen molar-refractivity contribution in [3.8, 4) is 0 Å². The van der Waals surface area contributed by atoms with Gasteiger partial charge in [0.1, 0.15) is 0 Å². The Balaban J connectivity index is 2.85. The van der Waals surface area contributed by atoms with Gasteiger partial charge < -0.3 is 0 Å². The molecule has 0 aromatic heterocycles. The van der Waals surface area contributed by atoms with Crippen molar-refractivity contribution in [2.45, 2.75) is 33.6 Å². The van der Waals surface area contributed by atoms with Crippen molar-refractivity contribution in [1.29, 1.82) is 0 Å². The van der Waals surface area contributed by atoms with Gasteiger partial charge in [0.15, 0.2) is 5.78 Å². The van der Waals surface area contributed by atoms with Gasteiger partial charge in [-0.2, -0.15) is 0 Å². The first-order valence-electron chi connectivity index (χ1n) is 3.81. The van der Waals surface area contributed by atoms with Gasteiger partial charge in [0, 0.05) is 6.42 Å². The lowest BCUT2D eigenvalue weighted by Gasteiger charge is -2.18. The average Bonchev–Trinajstić information content (AvgIpc) is 1.82. The quantitative estimate of drug-likeness (QED) is 0.502. The molecule has 0 fully saturated rings. The highest BCUT2D eigenvalue weighted by atomic mass is 16.1. The lowest BCUT2D eigenvalue weighted by atomic mass is 9.85. The molecule has 0 aromatic carbocycles. The van der Waals surface area contributed by atoms with Crippen LogP contribution in [0.3, 0.4) is 0 Å². The third kappa shape index (κ3) is 1.28. The number of allylic oxidation sites excluding steroid dienone is 2. The Kier molecular flexibility index (Phi) is 1.93. The highest BCUT2D eigenvalue weighted by molar-refractivity contribution is 5.96. The maximum Gasteiger partial charge on any atom is 0.158 e. The minimum absolute atomic E-state index is 0.344. The van der Waals surface area contributed by atoms with E-state index in [1.807, 2.05) is 6.92 Å². The number of rotatable bonds is 0. The summed E-state index contributed by atoms with van der Waals surface area (Å²) in [5, 5.41) is 0. The fraction of sp³-hybridized carbons (Fsp3) is 0.667. The van der Waals surface area contributed by atoms with Crippen LogP contribution in [0.25, 0.3) is 0 Å². The fourth-order valence-electron chi connectivity index (χ4n) is 1.46. The topological polar surface area (TPSA) is 17.1 Å². The molecule has 10 heavy (non-hydrogen) atoms. The first kappa shape index (κ1) is 7.52. The summed E-state index contributed by atoms with van der Waals surface area (Å²) in [6.07, 6.45) is 1.86. The molecule has 0 saturated carbocycles. The lowest BCUT2D eigenvalue weighted by molar-refractivity contribution is -0.116. The summed E-state index contributed by atoms with van der Waals surface area (Å²) >= 11 is 0. The Morgan fingerprint density at radius 3 is 2.40 bits per heavy atom. The van der Waals surface area contributed by atoms with E-state index in [-0.39, 0.29) is 0 Å². The molecule has 0 amide bonds. The third-order valence-corrected chi connectivity index (χ3v) is 2.25. The molecular formula is C9H14O.